The van der Waals surface area contributed by atoms with Crippen LogP contribution in [0.4, 0.5) is 0 Å². The quantitative estimate of drug-likeness (QED) is 0.896. The van der Waals surface area contributed by atoms with Crippen molar-refractivity contribution in [2.75, 3.05) is 19.7 Å². The molecular weight excluding hydrogens is 338 g/mol. The zero-order valence-electron chi connectivity index (χ0n) is 11.8. The van der Waals surface area contributed by atoms with Gasteiger partial charge >= 0.3 is 5.97 Å². The molecule has 1 N–H and O–H groups in total. The number of halogens is 1. The summed E-state index contributed by atoms with van der Waals surface area (Å²) < 4.78 is 6.36. The van der Waals surface area contributed by atoms with E-state index in [4.69, 9.17) is 9.84 Å². The van der Waals surface area contributed by atoms with Gasteiger partial charge in [0, 0.05) is 17.6 Å². The number of carboxylic acids is 1. The Morgan fingerprint density at radius 3 is 2.90 bits per heavy atom. The van der Waals surface area contributed by atoms with Crippen molar-refractivity contribution in [3.8, 4) is 0 Å². The number of carboxylic acid groups (broad SMARTS) is 1. The number of benzene rings is 1. The number of hydrogen-bond donors (Lipinski definition) is 1. The molecule has 1 aliphatic heterocycles. The minimum absolute atomic E-state index is 0.00411. The van der Waals surface area contributed by atoms with E-state index in [9.17, 15) is 9.59 Å². The third kappa shape index (κ3) is 4.54. The van der Waals surface area contributed by atoms with Crippen LogP contribution in [0.25, 0.3) is 0 Å². The van der Waals surface area contributed by atoms with Gasteiger partial charge in [-0.15, -0.1) is 0 Å². The molecule has 6 heteroatoms. The lowest BCUT2D eigenvalue weighted by molar-refractivity contribution is -0.147. The lowest BCUT2D eigenvalue weighted by Gasteiger charge is -2.32. The highest BCUT2D eigenvalue weighted by Gasteiger charge is 2.25. The number of ether oxygens (including phenoxy) is 1. The van der Waals surface area contributed by atoms with Gasteiger partial charge in [0.25, 0.3) is 0 Å². The number of rotatable bonds is 4. The molecule has 1 amide bonds. The van der Waals surface area contributed by atoms with Gasteiger partial charge in [-0.25, -0.2) is 0 Å². The molecule has 1 aliphatic rings. The molecule has 1 aromatic carbocycles. The summed E-state index contributed by atoms with van der Waals surface area (Å²) in [6.07, 6.45) is -0.164. The molecule has 0 saturated carbocycles. The highest BCUT2D eigenvalue weighted by atomic mass is 79.9. The maximum absolute atomic E-state index is 12.3. The van der Waals surface area contributed by atoms with Gasteiger partial charge in [-0.3, -0.25) is 9.59 Å². The Hall–Kier alpha value is -1.40. The van der Waals surface area contributed by atoms with Crippen molar-refractivity contribution in [3.63, 3.8) is 0 Å². The molecule has 1 heterocycles. The first-order chi connectivity index (χ1) is 9.95. The smallest absolute Gasteiger partial charge is 0.306 e. The second-order valence-electron chi connectivity index (χ2n) is 5.19. The Labute approximate surface area is 132 Å². The largest absolute Gasteiger partial charge is 0.481 e. The number of amides is 1. The summed E-state index contributed by atoms with van der Waals surface area (Å²) in [5.74, 6) is -0.902. The minimum atomic E-state index is -0.906. The van der Waals surface area contributed by atoms with Gasteiger partial charge in [0.2, 0.25) is 5.91 Å². The highest BCUT2D eigenvalue weighted by molar-refractivity contribution is 9.10. The summed E-state index contributed by atoms with van der Waals surface area (Å²) in [6.45, 7) is 3.25. The molecule has 1 aromatic rings. The number of hydrogen-bond acceptors (Lipinski definition) is 3. The van der Waals surface area contributed by atoms with E-state index in [1.807, 2.05) is 25.1 Å². The molecule has 0 spiro atoms. The van der Waals surface area contributed by atoms with Crippen LogP contribution >= 0.6 is 15.9 Å². The number of aryl methyl sites for hydroxylation is 1. The predicted molar refractivity (Wildman–Crippen MR) is 81.2 cm³/mol. The van der Waals surface area contributed by atoms with Gasteiger partial charge in [-0.2, -0.15) is 0 Å². The van der Waals surface area contributed by atoms with E-state index < -0.39 is 12.1 Å². The third-order valence-electron chi connectivity index (χ3n) is 3.49. The number of morpholine rings is 1. The molecule has 114 valence electrons. The van der Waals surface area contributed by atoms with Gasteiger partial charge in [-0.05, 0) is 24.1 Å². The average molecular weight is 356 g/mol. The lowest BCUT2D eigenvalue weighted by atomic mass is 10.1. The average Bonchev–Trinajstić information content (AvgIpc) is 2.42. The Bertz CT molecular complexity index is 546. The van der Waals surface area contributed by atoms with Gasteiger partial charge in [-0.1, -0.05) is 28.1 Å². The van der Waals surface area contributed by atoms with Gasteiger partial charge in [0.1, 0.15) is 0 Å². The molecule has 1 atom stereocenters. The van der Waals surface area contributed by atoms with Crippen LogP contribution in [0.15, 0.2) is 22.7 Å². The van der Waals surface area contributed by atoms with E-state index in [-0.39, 0.29) is 12.3 Å². The SMILES string of the molecule is Cc1ccc(CC(=O)N2CCOC(CC(=O)O)C2)cc1Br. The molecule has 0 aromatic heterocycles. The van der Waals surface area contributed by atoms with Crippen molar-refractivity contribution in [2.45, 2.75) is 25.9 Å². The lowest BCUT2D eigenvalue weighted by Crippen LogP contribution is -2.46. The summed E-state index contributed by atoms with van der Waals surface area (Å²) in [4.78, 5) is 24.7. The Morgan fingerprint density at radius 2 is 2.24 bits per heavy atom. The fourth-order valence-electron chi connectivity index (χ4n) is 2.30. The summed E-state index contributed by atoms with van der Waals surface area (Å²) in [5, 5.41) is 8.79. The minimum Gasteiger partial charge on any atom is -0.481 e. The number of carbonyl (C=O) groups excluding carboxylic acids is 1. The monoisotopic (exact) mass is 355 g/mol. The molecule has 1 fully saturated rings. The van der Waals surface area contributed by atoms with Gasteiger partial charge in [0.15, 0.2) is 0 Å². The molecule has 0 bridgehead atoms. The van der Waals surface area contributed by atoms with Crippen LogP contribution in [-0.4, -0.2) is 47.7 Å². The fraction of sp³-hybridized carbons (Fsp3) is 0.467. The first-order valence-corrected chi connectivity index (χ1v) is 7.61. The van der Waals surface area contributed by atoms with Crippen LogP contribution in [0.5, 0.6) is 0 Å². The Kier molecular flexibility index (Phi) is 5.36. The zero-order valence-corrected chi connectivity index (χ0v) is 13.4. The first-order valence-electron chi connectivity index (χ1n) is 6.82. The van der Waals surface area contributed by atoms with Crippen LogP contribution in [0, 0.1) is 6.92 Å². The van der Waals surface area contributed by atoms with Crippen molar-refractivity contribution in [1.29, 1.82) is 0 Å². The molecule has 0 radical (unpaired) electrons. The molecule has 21 heavy (non-hydrogen) atoms. The highest BCUT2D eigenvalue weighted by Crippen LogP contribution is 2.19. The number of carbonyl (C=O) groups is 2. The van der Waals surface area contributed by atoms with Crippen LogP contribution in [0.3, 0.4) is 0 Å². The fourth-order valence-corrected chi connectivity index (χ4v) is 2.72. The van der Waals surface area contributed by atoms with Crippen molar-refractivity contribution in [2.24, 2.45) is 0 Å². The molecule has 2 rings (SSSR count). The molecule has 1 unspecified atom stereocenters. The maximum Gasteiger partial charge on any atom is 0.306 e. The van der Waals surface area contributed by atoms with Crippen LogP contribution in [0.1, 0.15) is 17.5 Å². The van der Waals surface area contributed by atoms with Crippen LogP contribution in [-0.2, 0) is 20.7 Å². The third-order valence-corrected chi connectivity index (χ3v) is 4.34. The summed E-state index contributed by atoms with van der Waals surface area (Å²) in [6, 6.07) is 5.86. The van der Waals surface area contributed by atoms with E-state index in [0.29, 0.717) is 26.1 Å². The summed E-state index contributed by atoms with van der Waals surface area (Å²) in [7, 11) is 0. The Balaban J connectivity index is 1.96. The Morgan fingerprint density at radius 1 is 1.48 bits per heavy atom. The second kappa shape index (κ2) is 7.04. The van der Waals surface area contributed by atoms with E-state index in [1.54, 1.807) is 4.90 Å². The van der Waals surface area contributed by atoms with Crippen molar-refractivity contribution in [1.82, 2.24) is 4.90 Å². The first kappa shape index (κ1) is 16.0. The van der Waals surface area contributed by atoms with E-state index in [1.165, 1.54) is 0 Å². The molecule has 1 saturated heterocycles. The van der Waals surface area contributed by atoms with Gasteiger partial charge < -0.3 is 14.7 Å². The molecule has 0 aliphatic carbocycles. The van der Waals surface area contributed by atoms with E-state index >= 15 is 0 Å². The number of aliphatic carboxylic acids is 1. The summed E-state index contributed by atoms with van der Waals surface area (Å²) >= 11 is 3.46. The maximum atomic E-state index is 12.3. The predicted octanol–water partition coefficient (Wildman–Crippen LogP) is 2.00. The van der Waals surface area contributed by atoms with Gasteiger partial charge in [0.05, 0.1) is 25.6 Å². The van der Waals surface area contributed by atoms with Crippen molar-refractivity contribution in [3.05, 3.63) is 33.8 Å². The zero-order chi connectivity index (χ0) is 15.4. The number of nitrogens with zero attached hydrogens (tertiary/aromatic N) is 1. The summed E-state index contributed by atoms with van der Waals surface area (Å²) in [5.41, 5.74) is 2.07. The van der Waals surface area contributed by atoms with E-state index in [2.05, 4.69) is 15.9 Å². The topological polar surface area (TPSA) is 66.8 Å². The molecular formula is C15H18BrNO4. The van der Waals surface area contributed by atoms with Crippen LogP contribution in [0.2, 0.25) is 0 Å². The van der Waals surface area contributed by atoms with Crippen molar-refractivity contribution < 1.29 is 19.4 Å². The van der Waals surface area contributed by atoms with Crippen molar-refractivity contribution >= 4 is 27.8 Å². The normalized spacial score (nSPS) is 18.6. The molecule has 5 nitrogen and oxygen atoms in total. The van der Waals surface area contributed by atoms with E-state index in [0.717, 1.165) is 15.6 Å². The standard InChI is InChI=1S/C15H18BrNO4/c1-10-2-3-11(6-13(10)16)7-14(18)17-4-5-21-12(9-17)8-15(19)20/h2-3,6,12H,4-5,7-9H2,1H3,(H,19,20). The second-order valence-corrected chi connectivity index (χ2v) is 6.05. The van der Waals surface area contributed by atoms with Crippen LogP contribution < -0.4 is 0 Å².